The minimum absolute atomic E-state index is 0.223. The van der Waals surface area contributed by atoms with Crippen LogP contribution < -0.4 is 0 Å². The van der Waals surface area contributed by atoms with E-state index >= 15 is 0 Å². The third kappa shape index (κ3) is 2.74. The van der Waals surface area contributed by atoms with E-state index < -0.39 is 0 Å². The molecule has 1 saturated carbocycles. The minimum atomic E-state index is 0.223. The Hall–Kier alpha value is -0.610. The zero-order valence-corrected chi connectivity index (χ0v) is 9.90. The summed E-state index contributed by atoms with van der Waals surface area (Å²) in [5.41, 5.74) is 0. The number of nitrogens with zero attached hydrogens (tertiary/aromatic N) is 2. The summed E-state index contributed by atoms with van der Waals surface area (Å²) in [6, 6.07) is 0.594. The normalized spacial score (nSPS) is 20.8. The number of aliphatic hydroxyl groups is 1. The number of rotatable bonds is 6. The van der Waals surface area contributed by atoms with Crippen LogP contribution in [0.3, 0.4) is 0 Å². The lowest BCUT2D eigenvalue weighted by molar-refractivity contribution is -0.137. The first-order valence-electron chi connectivity index (χ1n) is 6.44. The maximum Gasteiger partial charge on any atom is 0.236 e. The zero-order valence-electron chi connectivity index (χ0n) is 9.90. The molecule has 1 amide bonds. The van der Waals surface area contributed by atoms with E-state index in [-0.39, 0.29) is 12.5 Å². The van der Waals surface area contributed by atoms with E-state index in [0.717, 1.165) is 32.5 Å². The molecule has 2 fully saturated rings. The number of carbonyl (C=O) groups excluding carboxylic acids is 1. The second kappa shape index (κ2) is 5.64. The van der Waals surface area contributed by atoms with Gasteiger partial charge in [-0.2, -0.15) is 0 Å². The highest BCUT2D eigenvalue weighted by Gasteiger charge is 2.28. The van der Waals surface area contributed by atoms with Gasteiger partial charge in [-0.3, -0.25) is 9.69 Å². The molecule has 1 saturated heterocycles. The third-order valence-electron chi connectivity index (χ3n) is 3.74. The molecule has 1 aliphatic carbocycles. The average Bonchev–Trinajstić information content (AvgIpc) is 2.08. The van der Waals surface area contributed by atoms with Gasteiger partial charge in [-0.05, 0) is 25.7 Å². The largest absolute Gasteiger partial charge is 0.396 e. The van der Waals surface area contributed by atoms with Crippen LogP contribution in [0, 0.1) is 0 Å². The number of likely N-dealkylation sites (tertiary alicyclic amines) is 1. The number of hydrogen-bond acceptors (Lipinski definition) is 3. The molecule has 2 aliphatic rings. The van der Waals surface area contributed by atoms with Gasteiger partial charge in [0.2, 0.25) is 5.91 Å². The summed E-state index contributed by atoms with van der Waals surface area (Å²) in [5.74, 6) is 0.274. The SMILES string of the molecule is O=C(CN(CCCO)C1CCC1)N1CCC1. The van der Waals surface area contributed by atoms with Crippen LogP contribution in [0.5, 0.6) is 0 Å². The van der Waals surface area contributed by atoms with Gasteiger partial charge in [0.1, 0.15) is 0 Å². The van der Waals surface area contributed by atoms with Crippen molar-refractivity contribution in [1.82, 2.24) is 9.80 Å². The van der Waals surface area contributed by atoms with Crippen LogP contribution in [-0.2, 0) is 4.79 Å². The number of aliphatic hydroxyl groups excluding tert-OH is 1. The molecule has 4 nitrogen and oxygen atoms in total. The Morgan fingerprint density at radius 3 is 2.50 bits per heavy atom. The summed E-state index contributed by atoms with van der Waals surface area (Å²) >= 11 is 0. The minimum Gasteiger partial charge on any atom is -0.396 e. The molecular formula is C12H22N2O2. The van der Waals surface area contributed by atoms with Gasteiger partial charge in [0.05, 0.1) is 6.54 Å². The maximum atomic E-state index is 11.9. The molecule has 92 valence electrons. The summed E-state index contributed by atoms with van der Waals surface area (Å²) in [6.07, 6.45) is 5.67. The summed E-state index contributed by atoms with van der Waals surface area (Å²) < 4.78 is 0. The van der Waals surface area contributed by atoms with Crippen molar-refractivity contribution in [3.8, 4) is 0 Å². The second-order valence-corrected chi connectivity index (χ2v) is 4.87. The Bertz CT molecular complexity index is 237. The first-order valence-corrected chi connectivity index (χ1v) is 6.44. The lowest BCUT2D eigenvalue weighted by atomic mass is 9.91. The molecular weight excluding hydrogens is 204 g/mol. The van der Waals surface area contributed by atoms with Gasteiger partial charge in [-0.1, -0.05) is 6.42 Å². The highest BCUT2D eigenvalue weighted by atomic mass is 16.3. The van der Waals surface area contributed by atoms with E-state index in [2.05, 4.69) is 4.90 Å². The predicted octanol–water partition coefficient (Wildman–Crippen LogP) is 0.456. The van der Waals surface area contributed by atoms with Crippen molar-refractivity contribution in [3.05, 3.63) is 0 Å². The Labute approximate surface area is 97.2 Å². The number of hydrogen-bond donors (Lipinski definition) is 1. The monoisotopic (exact) mass is 226 g/mol. The molecule has 0 bridgehead atoms. The lowest BCUT2D eigenvalue weighted by Gasteiger charge is -2.39. The van der Waals surface area contributed by atoms with Gasteiger partial charge in [-0.15, -0.1) is 0 Å². The topological polar surface area (TPSA) is 43.8 Å². The Morgan fingerprint density at radius 2 is 2.06 bits per heavy atom. The lowest BCUT2D eigenvalue weighted by Crippen LogP contribution is -2.51. The van der Waals surface area contributed by atoms with Gasteiger partial charge in [-0.25, -0.2) is 0 Å². The smallest absolute Gasteiger partial charge is 0.236 e. The molecule has 16 heavy (non-hydrogen) atoms. The highest BCUT2D eigenvalue weighted by Crippen LogP contribution is 2.25. The van der Waals surface area contributed by atoms with Gasteiger partial charge >= 0.3 is 0 Å². The van der Waals surface area contributed by atoms with E-state index in [4.69, 9.17) is 5.11 Å². The molecule has 0 aromatic heterocycles. The summed E-state index contributed by atoms with van der Waals surface area (Å²) in [7, 11) is 0. The first-order chi connectivity index (χ1) is 7.81. The molecule has 0 radical (unpaired) electrons. The fraction of sp³-hybridized carbons (Fsp3) is 0.917. The third-order valence-corrected chi connectivity index (χ3v) is 3.74. The standard InChI is InChI=1S/C12H22N2O2/c15-9-3-8-14(11-4-1-5-11)10-12(16)13-6-2-7-13/h11,15H,1-10H2. The van der Waals surface area contributed by atoms with Crippen molar-refractivity contribution in [2.45, 2.75) is 38.1 Å². The van der Waals surface area contributed by atoms with E-state index in [9.17, 15) is 4.79 Å². The fourth-order valence-electron chi connectivity index (χ4n) is 2.26. The van der Waals surface area contributed by atoms with Crippen molar-refractivity contribution in [3.63, 3.8) is 0 Å². The van der Waals surface area contributed by atoms with Crippen LogP contribution in [0.25, 0.3) is 0 Å². The van der Waals surface area contributed by atoms with Crippen LogP contribution in [0.15, 0.2) is 0 Å². The van der Waals surface area contributed by atoms with E-state index in [0.29, 0.717) is 12.6 Å². The fourth-order valence-corrected chi connectivity index (χ4v) is 2.26. The first kappa shape index (κ1) is 11.9. The average molecular weight is 226 g/mol. The van der Waals surface area contributed by atoms with Crippen molar-refractivity contribution in [2.75, 3.05) is 32.8 Å². The van der Waals surface area contributed by atoms with Crippen molar-refractivity contribution >= 4 is 5.91 Å². The van der Waals surface area contributed by atoms with Gasteiger partial charge < -0.3 is 10.0 Å². The number of carbonyl (C=O) groups is 1. The molecule has 0 aromatic carbocycles. The molecule has 0 atom stereocenters. The number of amides is 1. The van der Waals surface area contributed by atoms with E-state index in [1.165, 1.54) is 19.3 Å². The Morgan fingerprint density at radius 1 is 1.31 bits per heavy atom. The van der Waals surface area contributed by atoms with Gasteiger partial charge in [0.25, 0.3) is 0 Å². The zero-order chi connectivity index (χ0) is 11.4. The van der Waals surface area contributed by atoms with Gasteiger partial charge in [0, 0.05) is 32.3 Å². The van der Waals surface area contributed by atoms with E-state index in [1.807, 2.05) is 4.90 Å². The molecule has 1 N–H and O–H groups in total. The van der Waals surface area contributed by atoms with Crippen LogP contribution in [0.1, 0.15) is 32.1 Å². The second-order valence-electron chi connectivity index (χ2n) is 4.87. The summed E-state index contributed by atoms with van der Waals surface area (Å²) in [6.45, 7) is 3.53. The molecule has 4 heteroatoms. The van der Waals surface area contributed by atoms with Crippen LogP contribution in [0.4, 0.5) is 0 Å². The van der Waals surface area contributed by atoms with Crippen LogP contribution in [0.2, 0.25) is 0 Å². The molecule has 1 aliphatic heterocycles. The molecule has 2 rings (SSSR count). The van der Waals surface area contributed by atoms with Gasteiger partial charge in [0.15, 0.2) is 0 Å². The van der Waals surface area contributed by atoms with E-state index in [1.54, 1.807) is 0 Å². The van der Waals surface area contributed by atoms with Crippen LogP contribution >= 0.6 is 0 Å². The predicted molar refractivity (Wildman–Crippen MR) is 62.1 cm³/mol. The quantitative estimate of drug-likeness (QED) is 0.715. The Kier molecular flexibility index (Phi) is 4.18. The molecule has 0 spiro atoms. The maximum absolute atomic E-state index is 11.9. The van der Waals surface area contributed by atoms with Crippen molar-refractivity contribution < 1.29 is 9.90 Å². The molecule has 0 aromatic rings. The van der Waals surface area contributed by atoms with Crippen LogP contribution in [-0.4, -0.2) is 59.6 Å². The van der Waals surface area contributed by atoms with Crippen molar-refractivity contribution in [2.24, 2.45) is 0 Å². The molecule has 0 unspecified atom stereocenters. The molecule has 1 heterocycles. The van der Waals surface area contributed by atoms with Crippen molar-refractivity contribution in [1.29, 1.82) is 0 Å². The highest BCUT2D eigenvalue weighted by molar-refractivity contribution is 5.79. The Balaban J connectivity index is 1.77. The summed E-state index contributed by atoms with van der Waals surface area (Å²) in [4.78, 5) is 16.1. The summed E-state index contributed by atoms with van der Waals surface area (Å²) in [5, 5.41) is 8.87.